The summed E-state index contributed by atoms with van der Waals surface area (Å²) in [7, 11) is -10.3. The van der Waals surface area contributed by atoms with E-state index in [-0.39, 0.29) is 6.42 Å². The number of benzene rings is 3. The van der Waals surface area contributed by atoms with E-state index in [1.165, 1.54) is 0 Å². The molecule has 0 N–H and O–H groups in total. The zero-order valence-corrected chi connectivity index (χ0v) is 25.8. The maximum atomic E-state index is 13.8. The fourth-order valence-electron chi connectivity index (χ4n) is 4.32. The van der Waals surface area contributed by atoms with Crippen LogP contribution in [0.5, 0.6) is 0 Å². The van der Waals surface area contributed by atoms with Crippen molar-refractivity contribution in [1.29, 1.82) is 0 Å². The van der Waals surface area contributed by atoms with Crippen LogP contribution in [0.15, 0.2) is 95.7 Å². The van der Waals surface area contributed by atoms with E-state index >= 15 is 0 Å². The maximum Gasteiger partial charge on any atom is 0.361 e. The van der Waals surface area contributed by atoms with E-state index in [0.717, 1.165) is 22.2 Å². The second-order valence-corrected chi connectivity index (χ2v) is 16.5. The van der Waals surface area contributed by atoms with Crippen LogP contribution in [0.2, 0.25) is 0 Å². The minimum Gasteiger partial charge on any atom is -0.304 e. The van der Waals surface area contributed by atoms with Crippen molar-refractivity contribution in [3.05, 3.63) is 91.0 Å². The van der Waals surface area contributed by atoms with E-state index in [9.17, 15) is 13.0 Å². The van der Waals surface area contributed by atoms with Crippen molar-refractivity contribution < 1.29 is 26.2 Å². The van der Waals surface area contributed by atoms with Gasteiger partial charge in [-0.25, -0.2) is 0 Å². The van der Waals surface area contributed by atoms with Crippen LogP contribution >= 0.6 is 14.7 Å². The molecule has 0 bridgehead atoms. The molecule has 0 heterocycles. The zero-order valence-electron chi connectivity index (χ0n) is 23.2. The van der Waals surface area contributed by atoms with Gasteiger partial charge in [0.05, 0.1) is 25.5 Å². The van der Waals surface area contributed by atoms with Gasteiger partial charge in [-0.05, 0) is 40.5 Å². The summed E-state index contributed by atoms with van der Waals surface area (Å²) < 4.78 is 60.1. The van der Waals surface area contributed by atoms with Gasteiger partial charge in [0.1, 0.15) is 0 Å². The van der Waals surface area contributed by atoms with Crippen molar-refractivity contribution in [3.63, 3.8) is 0 Å². The van der Waals surface area contributed by atoms with Crippen LogP contribution in [0.4, 0.5) is 0 Å². The Labute approximate surface area is 233 Å². The highest BCUT2D eigenvalue weighted by Gasteiger charge is 2.41. The van der Waals surface area contributed by atoms with Gasteiger partial charge in [-0.2, -0.15) is 8.42 Å². The topological polar surface area (TPSA) is 91.3 Å². The van der Waals surface area contributed by atoms with Crippen molar-refractivity contribution in [2.45, 2.75) is 58.6 Å². The van der Waals surface area contributed by atoms with Gasteiger partial charge in [0.25, 0.3) is 10.1 Å². The summed E-state index contributed by atoms with van der Waals surface area (Å²) in [6, 6.07) is 30.7. The monoisotopic (exact) mass is 591 g/mol. The minimum atomic E-state index is -3.93. The van der Waals surface area contributed by atoms with Crippen LogP contribution in [0.3, 0.4) is 0 Å². The number of hydrogen-bond donors (Lipinski definition) is 0. The van der Waals surface area contributed by atoms with Gasteiger partial charge < -0.3 is 9.05 Å². The van der Waals surface area contributed by atoms with Crippen molar-refractivity contribution in [2.24, 2.45) is 4.74 Å². The third-order valence-electron chi connectivity index (χ3n) is 5.66. The van der Waals surface area contributed by atoms with Gasteiger partial charge in [0.2, 0.25) is 0 Å². The van der Waals surface area contributed by atoms with E-state index in [1.54, 1.807) is 27.7 Å². The molecule has 3 rings (SSSR count). The minimum absolute atomic E-state index is 0.131. The van der Waals surface area contributed by atoms with Crippen LogP contribution in [-0.4, -0.2) is 39.3 Å². The molecule has 0 aromatic heterocycles. The molecule has 0 aliphatic heterocycles. The van der Waals surface area contributed by atoms with Crippen LogP contribution in [0.25, 0.3) is 0 Å². The lowest BCUT2D eigenvalue weighted by Crippen LogP contribution is -2.26. The van der Waals surface area contributed by atoms with E-state index in [0.29, 0.717) is 13.0 Å². The molecule has 0 radical (unpaired) electrons. The smallest absolute Gasteiger partial charge is 0.304 e. The van der Waals surface area contributed by atoms with Crippen molar-refractivity contribution in [2.75, 3.05) is 12.8 Å². The summed E-state index contributed by atoms with van der Waals surface area (Å²) in [6.07, 6.45) is 0.596. The standard InChI is InChI=1S/C29H39NO6P2S/c1-24(2)34-38(31,35-25(3)4)29(36-39(5,32)33)22-15-23-30-37(26-16-9-6-10-17-26,27-18-11-7-12-19-27)28-20-13-8-14-21-28/h6-14,16-21,24-25,29H,15,22-23H2,1-5H3/t29-/m1/s1. The fraction of sp³-hybridized carbons (Fsp3) is 0.379. The highest BCUT2D eigenvalue weighted by atomic mass is 32.2. The largest absolute Gasteiger partial charge is 0.361 e. The molecule has 7 nitrogen and oxygen atoms in total. The van der Waals surface area contributed by atoms with Crippen LogP contribution < -0.4 is 15.9 Å². The molecule has 0 fully saturated rings. The third-order valence-corrected chi connectivity index (χ3v) is 12.7. The van der Waals surface area contributed by atoms with Gasteiger partial charge in [0, 0.05) is 22.5 Å². The Morgan fingerprint density at radius 2 is 1.10 bits per heavy atom. The zero-order chi connectivity index (χ0) is 28.5. The molecule has 39 heavy (non-hydrogen) atoms. The van der Waals surface area contributed by atoms with E-state index < -0.39 is 42.8 Å². The van der Waals surface area contributed by atoms with Crippen LogP contribution in [0.1, 0.15) is 40.5 Å². The lowest BCUT2D eigenvalue weighted by atomic mass is 10.3. The first-order chi connectivity index (χ1) is 18.5. The molecule has 0 aliphatic rings. The molecule has 212 valence electrons. The SMILES string of the molecule is CC(C)OP(=O)(OC(C)C)[C@H](CCCN=P(c1ccccc1)(c1ccccc1)c1ccccc1)OS(C)(=O)=O. The molecule has 0 amide bonds. The Bertz CT molecular complexity index is 1260. The predicted molar refractivity (Wildman–Crippen MR) is 161 cm³/mol. The molecule has 0 saturated heterocycles. The lowest BCUT2D eigenvalue weighted by Gasteiger charge is -2.29. The summed E-state index contributed by atoms with van der Waals surface area (Å²) in [5, 5.41) is 3.34. The lowest BCUT2D eigenvalue weighted by molar-refractivity contribution is 0.107. The Kier molecular flexibility index (Phi) is 11.3. The predicted octanol–water partition coefficient (Wildman–Crippen LogP) is 6.29. The average molecular weight is 592 g/mol. The molecular weight excluding hydrogens is 552 g/mol. The average Bonchev–Trinajstić information content (AvgIpc) is 2.88. The Hall–Kier alpha value is -2.05. The summed E-state index contributed by atoms with van der Waals surface area (Å²) >= 11 is 0. The Morgan fingerprint density at radius 1 is 0.718 bits per heavy atom. The van der Waals surface area contributed by atoms with Crippen LogP contribution in [-0.2, 0) is 27.9 Å². The summed E-state index contributed by atoms with van der Waals surface area (Å²) in [5.74, 6) is -1.27. The third kappa shape index (κ3) is 8.72. The molecule has 0 spiro atoms. The fourth-order valence-corrected chi connectivity index (χ4v) is 11.3. The van der Waals surface area contributed by atoms with Gasteiger partial charge >= 0.3 is 7.60 Å². The molecule has 1 atom stereocenters. The second-order valence-electron chi connectivity index (χ2n) is 9.75. The van der Waals surface area contributed by atoms with Gasteiger partial charge in [-0.3, -0.25) is 13.5 Å². The summed E-state index contributed by atoms with van der Waals surface area (Å²) in [6.45, 7) is 7.28. The first kappa shape index (κ1) is 31.5. The molecular formula is C29H39NO6P2S. The van der Waals surface area contributed by atoms with E-state index in [2.05, 4.69) is 36.4 Å². The number of nitrogens with zero attached hydrogens (tertiary/aromatic N) is 1. The highest BCUT2D eigenvalue weighted by Crippen LogP contribution is 2.57. The van der Waals surface area contributed by atoms with Gasteiger partial charge in [-0.1, -0.05) is 91.0 Å². The molecule has 3 aromatic rings. The Balaban J connectivity index is 2.04. The van der Waals surface area contributed by atoms with Crippen molar-refractivity contribution in [1.82, 2.24) is 0 Å². The highest BCUT2D eigenvalue weighted by molar-refractivity contribution is 7.87. The van der Waals surface area contributed by atoms with Gasteiger partial charge in [0.15, 0.2) is 5.85 Å². The molecule has 0 unspecified atom stereocenters. The summed E-state index contributed by atoms with van der Waals surface area (Å²) in [4.78, 5) is 0. The van der Waals surface area contributed by atoms with Crippen molar-refractivity contribution in [3.8, 4) is 0 Å². The maximum absolute atomic E-state index is 13.8. The molecule has 0 saturated carbocycles. The first-order valence-corrected chi connectivity index (χ1v) is 18.2. The van der Waals surface area contributed by atoms with Crippen molar-refractivity contribution >= 4 is 40.7 Å². The molecule has 10 heteroatoms. The normalized spacial score (nSPS) is 13.5. The second kappa shape index (κ2) is 14.0. The van der Waals surface area contributed by atoms with E-state index in [4.69, 9.17) is 18.0 Å². The molecule has 3 aromatic carbocycles. The van der Waals surface area contributed by atoms with E-state index in [1.807, 2.05) is 54.6 Å². The quantitative estimate of drug-likeness (QED) is 0.124. The molecule has 0 aliphatic carbocycles. The van der Waals surface area contributed by atoms with Crippen LogP contribution in [0, 0.1) is 0 Å². The number of hydrogen-bond acceptors (Lipinski definition) is 7. The first-order valence-electron chi connectivity index (χ1n) is 13.1. The van der Waals surface area contributed by atoms with Gasteiger partial charge in [-0.15, -0.1) is 0 Å². The number of rotatable bonds is 14. The summed E-state index contributed by atoms with van der Waals surface area (Å²) in [5.41, 5.74) is 0. The Morgan fingerprint density at radius 3 is 1.44 bits per heavy atom.